The molecule has 0 aliphatic rings. The van der Waals surface area contributed by atoms with Crippen LogP contribution in [0.1, 0.15) is 22.4 Å². The summed E-state index contributed by atoms with van der Waals surface area (Å²) in [6.45, 7) is 6.06. The van der Waals surface area contributed by atoms with E-state index in [0.29, 0.717) is 11.4 Å². The van der Waals surface area contributed by atoms with Crippen LogP contribution >= 0.6 is 15.9 Å². The third-order valence-electron chi connectivity index (χ3n) is 4.12. The van der Waals surface area contributed by atoms with E-state index in [-0.39, 0.29) is 0 Å². The Morgan fingerprint density at radius 1 is 1.00 bits per heavy atom. The zero-order valence-corrected chi connectivity index (χ0v) is 16.0. The van der Waals surface area contributed by atoms with Gasteiger partial charge < -0.3 is 5.32 Å². The van der Waals surface area contributed by atoms with Gasteiger partial charge in [0.05, 0.1) is 5.56 Å². The molecule has 4 heteroatoms. The molecule has 0 aliphatic carbocycles. The van der Waals surface area contributed by atoms with Crippen LogP contribution in [0.4, 0.5) is 11.5 Å². The van der Waals surface area contributed by atoms with Gasteiger partial charge in [-0.3, -0.25) is 0 Å². The van der Waals surface area contributed by atoms with Gasteiger partial charge in [0.2, 0.25) is 0 Å². The molecule has 0 bridgehead atoms. The first kappa shape index (κ1) is 17.2. The van der Waals surface area contributed by atoms with Crippen molar-refractivity contribution in [2.24, 2.45) is 0 Å². The second kappa shape index (κ2) is 7.08. The highest BCUT2D eigenvalue weighted by molar-refractivity contribution is 9.10. The molecule has 1 heterocycles. The van der Waals surface area contributed by atoms with E-state index in [4.69, 9.17) is 0 Å². The second-order valence-electron chi connectivity index (χ2n) is 6.04. The highest BCUT2D eigenvalue weighted by atomic mass is 79.9. The molecule has 3 rings (SSSR count). The lowest BCUT2D eigenvalue weighted by Crippen LogP contribution is -2.01. The van der Waals surface area contributed by atoms with Gasteiger partial charge in [0, 0.05) is 21.4 Å². The normalized spacial score (nSPS) is 10.4. The average molecular weight is 392 g/mol. The van der Waals surface area contributed by atoms with Crippen molar-refractivity contribution < 1.29 is 0 Å². The lowest BCUT2D eigenvalue weighted by molar-refractivity contribution is 1.19. The summed E-state index contributed by atoms with van der Waals surface area (Å²) in [4.78, 5) is 4.65. The Labute approximate surface area is 156 Å². The van der Waals surface area contributed by atoms with E-state index in [1.807, 2.05) is 69.3 Å². The molecule has 0 unspecified atom stereocenters. The number of nitrogens with one attached hydrogen (secondary N) is 1. The number of hydrogen-bond acceptors (Lipinski definition) is 3. The van der Waals surface area contributed by atoms with Gasteiger partial charge in [-0.15, -0.1) is 0 Å². The van der Waals surface area contributed by atoms with E-state index in [9.17, 15) is 5.26 Å². The van der Waals surface area contributed by atoms with Gasteiger partial charge in [-0.2, -0.15) is 5.26 Å². The lowest BCUT2D eigenvalue weighted by atomic mass is 10.0. The minimum atomic E-state index is 0.530. The van der Waals surface area contributed by atoms with Crippen LogP contribution in [0.2, 0.25) is 0 Å². The molecule has 25 heavy (non-hydrogen) atoms. The predicted octanol–water partition coefficient (Wildman–Crippen LogP) is 6.05. The van der Waals surface area contributed by atoms with Crippen LogP contribution in [0, 0.1) is 32.1 Å². The molecule has 0 saturated carbocycles. The number of aromatic nitrogens is 1. The second-order valence-corrected chi connectivity index (χ2v) is 6.84. The Balaban J connectivity index is 2.03. The minimum Gasteiger partial charge on any atom is -0.339 e. The number of nitrogens with zero attached hydrogens (tertiary/aromatic N) is 2. The van der Waals surface area contributed by atoms with E-state index in [0.717, 1.165) is 38.1 Å². The first-order valence-electron chi connectivity index (χ1n) is 8.00. The summed E-state index contributed by atoms with van der Waals surface area (Å²) in [5.74, 6) is 0.584. The molecular formula is C21H18BrN3. The van der Waals surface area contributed by atoms with Crippen LogP contribution in [-0.4, -0.2) is 4.98 Å². The van der Waals surface area contributed by atoms with Crippen LogP contribution < -0.4 is 5.32 Å². The van der Waals surface area contributed by atoms with Crippen LogP contribution in [0.3, 0.4) is 0 Å². The number of benzene rings is 2. The van der Waals surface area contributed by atoms with Gasteiger partial charge in [0.15, 0.2) is 0 Å². The molecule has 0 amide bonds. The molecule has 0 saturated heterocycles. The molecule has 0 radical (unpaired) electrons. The van der Waals surface area contributed by atoms with E-state index < -0.39 is 0 Å². The third-order valence-corrected chi connectivity index (χ3v) is 5.37. The summed E-state index contributed by atoms with van der Waals surface area (Å²) in [5.41, 5.74) is 6.66. The van der Waals surface area contributed by atoms with E-state index in [1.165, 1.54) is 0 Å². The van der Waals surface area contributed by atoms with E-state index >= 15 is 0 Å². The average Bonchev–Trinajstić information content (AvgIpc) is 2.60. The van der Waals surface area contributed by atoms with Crippen molar-refractivity contribution in [1.82, 2.24) is 4.98 Å². The quantitative estimate of drug-likeness (QED) is 0.590. The molecule has 1 N–H and O–H groups in total. The van der Waals surface area contributed by atoms with E-state index in [1.54, 1.807) is 0 Å². The van der Waals surface area contributed by atoms with Crippen molar-refractivity contribution in [3.05, 3.63) is 75.4 Å². The first-order chi connectivity index (χ1) is 12.0. The molecular weight excluding hydrogens is 374 g/mol. The number of hydrogen-bond donors (Lipinski definition) is 1. The maximum Gasteiger partial charge on any atom is 0.148 e. The predicted molar refractivity (Wildman–Crippen MR) is 106 cm³/mol. The van der Waals surface area contributed by atoms with Crippen LogP contribution in [0.15, 0.2) is 53.0 Å². The Hall–Kier alpha value is -2.64. The monoisotopic (exact) mass is 391 g/mol. The zero-order valence-electron chi connectivity index (χ0n) is 14.4. The summed E-state index contributed by atoms with van der Waals surface area (Å²) in [5, 5.41) is 12.9. The summed E-state index contributed by atoms with van der Waals surface area (Å²) in [6.07, 6.45) is 0. The highest BCUT2D eigenvalue weighted by Gasteiger charge is 2.12. The Morgan fingerprint density at radius 2 is 1.64 bits per heavy atom. The molecule has 1 aromatic heterocycles. The summed E-state index contributed by atoms with van der Waals surface area (Å²) in [6, 6.07) is 18.3. The molecule has 3 aromatic rings. The molecule has 0 fully saturated rings. The van der Waals surface area contributed by atoms with Gasteiger partial charge in [-0.25, -0.2) is 4.98 Å². The van der Waals surface area contributed by atoms with Crippen molar-refractivity contribution in [2.75, 3.05) is 5.32 Å². The van der Waals surface area contributed by atoms with Crippen LogP contribution in [-0.2, 0) is 0 Å². The topological polar surface area (TPSA) is 48.7 Å². The summed E-state index contributed by atoms with van der Waals surface area (Å²) in [7, 11) is 0. The largest absolute Gasteiger partial charge is 0.339 e. The number of nitriles is 1. The molecule has 0 aliphatic heterocycles. The molecule has 3 nitrogen and oxygen atoms in total. The first-order valence-corrected chi connectivity index (χ1v) is 8.80. The summed E-state index contributed by atoms with van der Waals surface area (Å²) < 4.78 is 1.10. The number of aryl methyl sites for hydroxylation is 3. The molecule has 0 spiro atoms. The standard InChI is InChI=1S/C21H18BrN3/c1-13-9-18(10-14(2)20(13)22)25-21-17(12-23)11-19(15(3)24-21)16-7-5-4-6-8-16/h4-11H,1-3H3,(H,24,25). The number of pyridine rings is 1. The van der Waals surface area contributed by atoms with Crippen LogP contribution in [0.5, 0.6) is 0 Å². The van der Waals surface area contributed by atoms with Gasteiger partial charge >= 0.3 is 0 Å². The lowest BCUT2D eigenvalue weighted by Gasteiger charge is -2.14. The van der Waals surface area contributed by atoms with Crippen molar-refractivity contribution in [3.8, 4) is 17.2 Å². The van der Waals surface area contributed by atoms with Gasteiger partial charge in [-0.1, -0.05) is 46.3 Å². The van der Waals surface area contributed by atoms with Crippen molar-refractivity contribution in [3.63, 3.8) is 0 Å². The van der Waals surface area contributed by atoms with Crippen LogP contribution in [0.25, 0.3) is 11.1 Å². The third kappa shape index (κ3) is 3.57. The van der Waals surface area contributed by atoms with Crippen molar-refractivity contribution >= 4 is 27.4 Å². The Bertz CT molecular complexity index is 949. The number of rotatable bonds is 3. The Morgan fingerprint density at radius 3 is 2.24 bits per heavy atom. The van der Waals surface area contributed by atoms with E-state index in [2.05, 4.69) is 32.3 Å². The minimum absolute atomic E-state index is 0.530. The number of anilines is 2. The van der Waals surface area contributed by atoms with Crippen molar-refractivity contribution in [2.45, 2.75) is 20.8 Å². The van der Waals surface area contributed by atoms with Gasteiger partial charge in [-0.05, 0) is 55.7 Å². The molecule has 2 aromatic carbocycles. The SMILES string of the molecule is Cc1cc(Nc2nc(C)c(-c3ccccc3)cc2C#N)cc(C)c1Br. The fourth-order valence-electron chi connectivity index (χ4n) is 2.85. The molecule has 124 valence electrons. The zero-order chi connectivity index (χ0) is 18.0. The maximum absolute atomic E-state index is 9.57. The fourth-order valence-corrected chi connectivity index (χ4v) is 3.08. The van der Waals surface area contributed by atoms with Crippen molar-refractivity contribution in [1.29, 1.82) is 5.26 Å². The highest BCUT2D eigenvalue weighted by Crippen LogP contribution is 2.30. The summed E-state index contributed by atoms with van der Waals surface area (Å²) >= 11 is 3.58. The number of halogens is 1. The smallest absolute Gasteiger partial charge is 0.148 e. The fraction of sp³-hybridized carbons (Fsp3) is 0.143. The van der Waals surface area contributed by atoms with Gasteiger partial charge in [0.25, 0.3) is 0 Å². The maximum atomic E-state index is 9.57. The van der Waals surface area contributed by atoms with Gasteiger partial charge in [0.1, 0.15) is 11.9 Å². The molecule has 0 atom stereocenters. The Kier molecular flexibility index (Phi) is 4.87.